The van der Waals surface area contributed by atoms with Crippen molar-refractivity contribution in [2.45, 2.75) is 386 Å². The van der Waals surface area contributed by atoms with Gasteiger partial charge in [0.25, 0.3) is 0 Å². The SMILES string of the molecule is CCCCC/C=C\C/C=C\CCCCCCCCCC(=O)OCCCCCCCCCCCCCCCCCCCCCC(=O)NC(CO)C(O)/C=C/CCCCCCCCCCCCCCCCCCCCCCC. The van der Waals surface area contributed by atoms with Crippen molar-refractivity contribution in [1.29, 1.82) is 0 Å². The number of aliphatic hydroxyl groups excluding tert-OH is 2. The van der Waals surface area contributed by atoms with Gasteiger partial charge in [0.15, 0.2) is 0 Å². The Morgan fingerprint density at radius 1 is 0.368 bits per heavy atom. The van der Waals surface area contributed by atoms with E-state index in [4.69, 9.17) is 4.74 Å². The minimum Gasteiger partial charge on any atom is -0.466 e. The van der Waals surface area contributed by atoms with Crippen LogP contribution in [0.4, 0.5) is 0 Å². The summed E-state index contributed by atoms with van der Waals surface area (Å²) in [5.41, 5.74) is 0. The number of rotatable bonds is 64. The maximum Gasteiger partial charge on any atom is 0.305 e. The van der Waals surface area contributed by atoms with E-state index in [0.717, 1.165) is 51.4 Å². The molecule has 0 radical (unpaired) electrons. The van der Waals surface area contributed by atoms with Crippen molar-refractivity contribution in [2.75, 3.05) is 13.2 Å². The minimum atomic E-state index is -0.848. The van der Waals surface area contributed by atoms with Crippen LogP contribution in [0.15, 0.2) is 36.5 Å². The van der Waals surface area contributed by atoms with Crippen LogP contribution in [-0.2, 0) is 14.3 Å². The molecule has 6 heteroatoms. The van der Waals surface area contributed by atoms with E-state index in [0.29, 0.717) is 19.4 Å². The van der Waals surface area contributed by atoms with Gasteiger partial charge in [-0.05, 0) is 64.2 Å². The van der Waals surface area contributed by atoms with Gasteiger partial charge in [0.2, 0.25) is 5.91 Å². The van der Waals surface area contributed by atoms with Crippen molar-refractivity contribution in [3.63, 3.8) is 0 Å². The maximum absolute atomic E-state index is 12.5. The molecule has 0 spiro atoms. The van der Waals surface area contributed by atoms with Crippen LogP contribution in [-0.4, -0.2) is 47.4 Å². The topological polar surface area (TPSA) is 95.9 Å². The third-order valence-corrected chi connectivity index (χ3v) is 15.9. The van der Waals surface area contributed by atoms with Gasteiger partial charge < -0.3 is 20.3 Å². The first-order valence-electron chi connectivity index (χ1n) is 34.3. The average Bonchev–Trinajstić information content (AvgIpc) is 3.42. The lowest BCUT2D eigenvalue weighted by Gasteiger charge is -2.20. The zero-order valence-electron chi connectivity index (χ0n) is 51.3. The van der Waals surface area contributed by atoms with Crippen molar-refractivity contribution in [3.8, 4) is 0 Å². The van der Waals surface area contributed by atoms with Gasteiger partial charge in [-0.15, -0.1) is 0 Å². The van der Waals surface area contributed by atoms with Crippen LogP contribution in [0.5, 0.6) is 0 Å². The molecule has 76 heavy (non-hydrogen) atoms. The van der Waals surface area contributed by atoms with E-state index in [9.17, 15) is 19.8 Å². The molecule has 0 aromatic heterocycles. The molecule has 0 rings (SSSR count). The summed E-state index contributed by atoms with van der Waals surface area (Å²) in [7, 11) is 0. The number of carbonyl (C=O) groups is 2. The number of hydrogen-bond donors (Lipinski definition) is 3. The second kappa shape index (κ2) is 65.6. The Hall–Kier alpha value is -1.92. The van der Waals surface area contributed by atoms with Crippen LogP contribution in [0.3, 0.4) is 0 Å². The number of carbonyl (C=O) groups excluding carboxylic acids is 2. The number of amides is 1. The highest BCUT2D eigenvalue weighted by Crippen LogP contribution is 2.18. The third kappa shape index (κ3) is 61.3. The first kappa shape index (κ1) is 74.1. The molecule has 0 saturated carbocycles. The molecule has 2 unspecified atom stereocenters. The number of esters is 1. The molecule has 6 nitrogen and oxygen atoms in total. The van der Waals surface area contributed by atoms with Gasteiger partial charge >= 0.3 is 5.97 Å². The Labute approximate surface area is 474 Å². The highest BCUT2D eigenvalue weighted by Gasteiger charge is 2.18. The van der Waals surface area contributed by atoms with E-state index in [2.05, 4.69) is 43.5 Å². The summed E-state index contributed by atoms with van der Waals surface area (Å²) in [6.45, 7) is 4.90. The van der Waals surface area contributed by atoms with Gasteiger partial charge in [-0.1, -0.05) is 333 Å². The fraction of sp³-hybridized carbons (Fsp3) is 0.886. The van der Waals surface area contributed by atoms with E-state index in [1.165, 1.54) is 295 Å². The zero-order valence-corrected chi connectivity index (χ0v) is 51.3. The van der Waals surface area contributed by atoms with Crippen LogP contribution < -0.4 is 5.32 Å². The standard InChI is InChI=1S/C70H133NO5/c1-3-5-7-9-11-13-15-17-19-21-22-23-24-25-27-31-34-38-42-46-50-54-58-62-68(73)67(66-72)71-69(74)63-59-55-51-47-43-39-35-32-28-26-29-33-37-41-45-49-53-57-61-65-76-70(75)64-60-56-52-48-44-40-36-30-20-18-16-14-12-10-8-6-4-2/h12,14,18,20,58,62,67-68,72-73H,3-11,13,15-17,19,21-57,59-61,63-66H2,1-2H3,(H,71,74)/b14-12-,20-18-,62-58+. The average molecular weight is 1070 g/mol. The summed E-state index contributed by atoms with van der Waals surface area (Å²) >= 11 is 0. The van der Waals surface area contributed by atoms with E-state index in [-0.39, 0.29) is 18.5 Å². The quantitative estimate of drug-likeness (QED) is 0.0320. The largest absolute Gasteiger partial charge is 0.466 e. The number of nitrogens with one attached hydrogen (secondary N) is 1. The smallest absolute Gasteiger partial charge is 0.305 e. The molecular weight excluding hydrogens is 935 g/mol. The Morgan fingerprint density at radius 2 is 0.658 bits per heavy atom. The van der Waals surface area contributed by atoms with E-state index in [1.807, 2.05) is 6.08 Å². The number of unbranched alkanes of at least 4 members (excludes halogenated alkanes) is 49. The van der Waals surface area contributed by atoms with Crippen molar-refractivity contribution < 1.29 is 24.5 Å². The lowest BCUT2D eigenvalue weighted by atomic mass is 10.0. The monoisotopic (exact) mass is 1070 g/mol. The number of hydrogen-bond acceptors (Lipinski definition) is 5. The molecule has 0 aliphatic rings. The molecule has 0 aromatic rings. The summed E-state index contributed by atoms with van der Waals surface area (Å²) in [4.78, 5) is 24.6. The van der Waals surface area contributed by atoms with E-state index >= 15 is 0 Å². The van der Waals surface area contributed by atoms with Crippen LogP contribution in [0.2, 0.25) is 0 Å². The molecule has 0 bridgehead atoms. The van der Waals surface area contributed by atoms with Crippen LogP contribution in [0, 0.1) is 0 Å². The molecule has 0 saturated heterocycles. The molecule has 0 fully saturated rings. The third-order valence-electron chi connectivity index (χ3n) is 15.9. The van der Waals surface area contributed by atoms with Crippen molar-refractivity contribution in [2.24, 2.45) is 0 Å². The second-order valence-electron chi connectivity index (χ2n) is 23.5. The second-order valence-corrected chi connectivity index (χ2v) is 23.5. The fourth-order valence-electron chi connectivity index (χ4n) is 10.7. The molecule has 1 amide bonds. The molecule has 0 aliphatic carbocycles. The molecule has 0 aliphatic heterocycles. The fourth-order valence-corrected chi connectivity index (χ4v) is 10.7. The lowest BCUT2D eigenvalue weighted by molar-refractivity contribution is -0.143. The first-order valence-corrected chi connectivity index (χ1v) is 34.3. The van der Waals surface area contributed by atoms with Gasteiger partial charge in [0, 0.05) is 12.8 Å². The number of ether oxygens (including phenoxy) is 1. The number of allylic oxidation sites excluding steroid dienone is 5. The molecule has 0 heterocycles. The highest BCUT2D eigenvalue weighted by atomic mass is 16.5. The van der Waals surface area contributed by atoms with E-state index < -0.39 is 12.1 Å². The Kier molecular flexibility index (Phi) is 63.9. The predicted octanol–water partition coefficient (Wildman–Crippen LogP) is 21.9. The normalized spacial score (nSPS) is 12.7. The summed E-state index contributed by atoms with van der Waals surface area (Å²) in [6.07, 6.45) is 83.4. The highest BCUT2D eigenvalue weighted by molar-refractivity contribution is 5.76. The maximum atomic E-state index is 12.5. The molecule has 3 N–H and O–H groups in total. The Morgan fingerprint density at radius 3 is 1.03 bits per heavy atom. The van der Waals surface area contributed by atoms with Crippen LogP contribution in [0.1, 0.15) is 373 Å². The predicted molar refractivity (Wildman–Crippen MR) is 333 cm³/mol. The summed E-state index contributed by atoms with van der Waals surface area (Å²) < 4.78 is 5.49. The summed E-state index contributed by atoms with van der Waals surface area (Å²) in [6, 6.07) is -0.632. The Balaban J connectivity index is 3.43. The van der Waals surface area contributed by atoms with Gasteiger partial charge in [-0.25, -0.2) is 0 Å². The van der Waals surface area contributed by atoms with Crippen LogP contribution in [0.25, 0.3) is 0 Å². The molecule has 448 valence electrons. The van der Waals surface area contributed by atoms with Crippen LogP contribution >= 0.6 is 0 Å². The number of aliphatic hydroxyl groups is 2. The molecule has 2 atom stereocenters. The van der Waals surface area contributed by atoms with Crippen molar-refractivity contribution >= 4 is 11.9 Å². The molecule has 0 aromatic carbocycles. The molecular formula is C70H133NO5. The van der Waals surface area contributed by atoms with Gasteiger partial charge in [0.05, 0.1) is 25.4 Å². The Bertz CT molecular complexity index is 1230. The zero-order chi connectivity index (χ0) is 55.0. The minimum absolute atomic E-state index is 0.00119. The van der Waals surface area contributed by atoms with Crippen molar-refractivity contribution in [1.82, 2.24) is 5.32 Å². The van der Waals surface area contributed by atoms with Crippen molar-refractivity contribution in [3.05, 3.63) is 36.5 Å². The summed E-state index contributed by atoms with van der Waals surface area (Å²) in [5.74, 6) is -0.0662. The first-order chi connectivity index (χ1) is 37.5. The van der Waals surface area contributed by atoms with Gasteiger partial charge in [0.1, 0.15) is 0 Å². The summed E-state index contributed by atoms with van der Waals surface area (Å²) in [5, 5.41) is 23.3. The van der Waals surface area contributed by atoms with Gasteiger partial charge in [-0.3, -0.25) is 9.59 Å². The lowest BCUT2D eigenvalue weighted by Crippen LogP contribution is -2.45. The van der Waals surface area contributed by atoms with E-state index in [1.54, 1.807) is 6.08 Å². The van der Waals surface area contributed by atoms with Gasteiger partial charge in [-0.2, -0.15) is 0 Å².